The van der Waals surface area contributed by atoms with Gasteiger partial charge in [-0.05, 0) is 0 Å². The van der Waals surface area contributed by atoms with E-state index in [9.17, 15) is 0 Å². The number of methoxy groups -OCH3 is 1. The van der Waals surface area contributed by atoms with E-state index in [0.717, 1.165) is 11.3 Å². The van der Waals surface area contributed by atoms with E-state index in [1.807, 2.05) is 10.6 Å². The number of hydrogen-bond acceptors (Lipinski definition) is 5. The molecule has 0 bridgehead atoms. The van der Waals surface area contributed by atoms with E-state index in [2.05, 4.69) is 15.3 Å². The maximum absolute atomic E-state index is 5.53. The molecular weight excluding hydrogens is 194 g/mol. The van der Waals surface area contributed by atoms with Gasteiger partial charge in [0.05, 0.1) is 19.0 Å². The van der Waals surface area contributed by atoms with Gasteiger partial charge in [0.25, 0.3) is 0 Å². The smallest absolute Gasteiger partial charge is 0.232 e. The molecule has 3 N–H and O–H groups in total. The lowest BCUT2D eigenvalue weighted by Crippen LogP contribution is -2.00. The number of anilines is 1. The lowest BCUT2D eigenvalue weighted by Gasteiger charge is -2.04. The molecule has 0 atom stereocenters. The number of fused-ring (bicyclic) bond motifs is 1. The van der Waals surface area contributed by atoms with Gasteiger partial charge < -0.3 is 15.8 Å². The SMILES string of the molecule is CNc1nc(OC)cn2cc(CN)nc12. The van der Waals surface area contributed by atoms with Crippen LogP contribution in [0.2, 0.25) is 0 Å². The van der Waals surface area contributed by atoms with Crippen LogP contribution in [0.5, 0.6) is 5.88 Å². The fraction of sp³-hybridized carbons (Fsp3) is 0.333. The zero-order chi connectivity index (χ0) is 10.8. The highest BCUT2D eigenvalue weighted by atomic mass is 16.5. The summed E-state index contributed by atoms with van der Waals surface area (Å²) in [7, 11) is 3.37. The summed E-state index contributed by atoms with van der Waals surface area (Å²) in [6.45, 7) is 0.410. The molecule has 0 aromatic carbocycles. The third kappa shape index (κ3) is 1.59. The molecule has 2 heterocycles. The predicted octanol–water partition coefficient (Wildman–Crippen LogP) is 0.238. The van der Waals surface area contributed by atoms with Crippen LogP contribution in [0.3, 0.4) is 0 Å². The van der Waals surface area contributed by atoms with Crippen LogP contribution in [0.15, 0.2) is 12.4 Å². The van der Waals surface area contributed by atoms with Gasteiger partial charge in [-0.2, -0.15) is 4.98 Å². The molecule has 0 radical (unpaired) electrons. The molecule has 80 valence electrons. The monoisotopic (exact) mass is 207 g/mol. The minimum atomic E-state index is 0.410. The standard InChI is InChI=1S/C9H13N5O/c1-11-8-9-12-6(3-10)4-14(9)5-7(13-8)15-2/h4-5H,3,10H2,1-2H3,(H,11,13). The van der Waals surface area contributed by atoms with Crippen molar-refractivity contribution in [3.05, 3.63) is 18.1 Å². The second-order valence-electron chi connectivity index (χ2n) is 3.05. The zero-order valence-corrected chi connectivity index (χ0v) is 8.69. The van der Waals surface area contributed by atoms with Crippen molar-refractivity contribution >= 4 is 11.5 Å². The Morgan fingerprint density at radius 2 is 2.27 bits per heavy atom. The minimum Gasteiger partial charge on any atom is -0.480 e. The molecule has 2 aromatic rings. The maximum Gasteiger partial charge on any atom is 0.232 e. The average molecular weight is 207 g/mol. The van der Waals surface area contributed by atoms with E-state index in [4.69, 9.17) is 10.5 Å². The highest BCUT2D eigenvalue weighted by molar-refractivity contribution is 5.63. The first-order valence-corrected chi connectivity index (χ1v) is 4.59. The molecule has 0 aliphatic rings. The van der Waals surface area contributed by atoms with Gasteiger partial charge in [0, 0.05) is 19.8 Å². The van der Waals surface area contributed by atoms with Crippen molar-refractivity contribution in [2.24, 2.45) is 5.73 Å². The van der Waals surface area contributed by atoms with E-state index in [-0.39, 0.29) is 0 Å². The fourth-order valence-corrected chi connectivity index (χ4v) is 1.39. The highest BCUT2D eigenvalue weighted by Gasteiger charge is 2.08. The minimum absolute atomic E-state index is 0.410. The number of imidazole rings is 1. The van der Waals surface area contributed by atoms with Gasteiger partial charge in [-0.15, -0.1) is 0 Å². The van der Waals surface area contributed by atoms with Gasteiger partial charge in [-0.3, -0.25) is 4.40 Å². The van der Waals surface area contributed by atoms with Crippen LogP contribution in [-0.4, -0.2) is 28.5 Å². The topological polar surface area (TPSA) is 77.5 Å². The van der Waals surface area contributed by atoms with Crippen LogP contribution in [0.4, 0.5) is 5.82 Å². The highest BCUT2D eigenvalue weighted by Crippen LogP contribution is 2.18. The number of nitrogens with zero attached hydrogens (tertiary/aromatic N) is 3. The summed E-state index contributed by atoms with van der Waals surface area (Å²) in [4.78, 5) is 8.56. The van der Waals surface area contributed by atoms with Crippen LogP contribution >= 0.6 is 0 Å². The van der Waals surface area contributed by atoms with Gasteiger partial charge in [-0.25, -0.2) is 4.98 Å². The van der Waals surface area contributed by atoms with Crippen LogP contribution < -0.4 is 15.8 Å². The van der Waals surface area contributed by atoms with Gasteiger partial charge in [0.1, 0.15) is 0 Å². The molecule has 6 heteroatoms. The van der Waals surface area contributed by atoms with Crippen molar-refractivity contribution in [2.75, 3.05) is 19.5 Å². The summed E-state index contributed by atoms with van der Waals surface area (Å²) < 4.78 is 6.92. The van der Waals surface area contributed by atoms with Gasteiger partial charge >= 0.3 is 0 Å². The third-order valence-electron chi connectivity index (χ3n) is 2.12. The van der Waals surface area contributed by atoms with Crippen LogP contribution in [0, 0.1) is 0 Å². The molecule has 15 heavy (non-hydrogen) atoms. The Morgan fingerprint density at radius 1 is 1.47 bits per heavy atom. The van der Waals surface area contributed by atoms with Crippen molar-refractivity contribution < 1.29 is 4.74 Å². The largest absolute Gasteiger partial charge is 0.480 e. The molecule has 0 saturated heterocycles. The van der Waals surface area contributed by atoms with Gasteiger partial charge in [0.2, 0.25) is 5.88 Å². The summed E-state index contributed by atoms with van der Waals surface area (Å²) in [6, 6.07) is 0. The average Bonchev–Trinajstić information content (AvgIpc) is 2.70. The molecule has 0 amide bonds. The van der Waals surface area contributed by atoms with Crippen molar-refractivity contribution in [1.29, 1.82) is 0 Å². The van der Waals surface area contributed by atoms with Crippen molar-refractivity contribution in [1.82, 2.24) is 14.4 Å². The molecule has 0 aliphatic carbocycles. The van der Waals surface area contributed by atoms with Gasteiger partial charge in [0.15, 0.2) is 11.5 Å². The Hall–Kier alpha value is -1.82. The number of nitrogens with one attached hydrogen (secondary N) is 1. The number of ether oxygens (including phenoxy) is 1. The molecular formula is C9H13N5O. The second kappa shape index (κ2) is 3.74. The first-order chi connectivity index (χ1) is 7.28. The Kier molecular flexibility index (Phi) is 2.42. The third-order valence-corrected chi connectivity index (χ3v) is 2.12. The molecule has 0 saturated carbocycles. The van der Waals surface area contributed by atoms with E-state index in [0.29, 0.717) is 18.2 Å². The van der Waals surface area contributed by atoms with E-state index < -0.39 is 0 Å². The molecule has 6 nitrogen and oxygen atoms in total. The van der Waals surface area contributed by atoms with Crippen molar-refractivity contribution in [3.63, 3.8) is 0 Å². The van der Waals surface area contributed by atoms with Crippen LogP contribution in [0.25, 0.3) is 5.65 Å². The maximum atomic E-state index is 5.53. The van der Waals surface area contributed by atoms with Crippen LogP contribution in [0.1, 0.15) is 5.69 Å². The summed E-state index contributed by atoms with van der Waals surface area (Å²) in [5, 5.41) is 2.97. The lowest BCUT2D eigenvalue weighted by atomic mass is 10.5. The summed E-state index contributed by atoms with van der Waals surface area (Å²) >= 11 is 0. The quantitative estimate of drug-likeness (QED) is 0.753. The lowest BCUT2D eigenvalue weighted by molar-refractivity contribution is 0.396. The Balaban J connectivity index is 2.66. The number of rotatable bonds is 3. The molecule has 0 aliphatic heterocycles. The van der Waals surface area contributed by atoms with E-state index in [1.54, 1.807) is 20.4 Å². The summed E-state index contributed by atoms with van der Waals surface area (Å²) in [5.74, 6) is 1.21. The number of hydrogen-bond donors (Lipinski definition) is 2. The van der Waals surface area contributed by atoms with E-state index >= 15 is 0 Å². The summed E-state index contributed by atoms with van der Waals surface area (Å²) in [6.07, 6.45) is 3.63. The molecule has 2 rings (SSSR count). The molecule has 0 unspecified atom stereocenters. The first-order valence-electron chi connectivity index (χ1n) is 4.59. The molecule has 0 spiro atoms. The molecule has 0 fully saturated rings. The van der Waals surface area contributed by atoms with Crippen LogP contribution in [-0.2, 0) is 6.54 Å². The molecule has 2 aromatic heterocycles. The number of aromatic nitrogens is 3. The normalized spacial score (nSPS) is 10.6. The Morgan fingerprint density at radius 3 is 2.87 bits per heavy atom. The number of nitrogens with two attached hydrogens (primary N) is 1. The van der Waals surface area contributed by atoms with Crippen molar-refractivity contribution in [2.45, 2.75) is 6.54 Å². The predicted molar refractivity (Wildman–Crippen MR) is 57.0 cm³/mol. The second-order valence-corrected chi connectivity index (χ2v) is 3.05. The van der Waals surface area contributed by atoms with E-state index in [1.165, 1.54) is 0 Å². The fourth-order valence-electron chi connectivity index (χ4n) is 1.39. The summed E-state index contributed by atoms with van der Waals surface area (Å²) in [5.41, 5.74) is 7.10. The van der Waals surface area contributed by atoms with Gasteiger partial charge in [-0.1, -0.05) is 0 Å². The Labute approximate surface area is 87.1 Å². The first kappa shape index (κ1) is 9.72. The van der Waals surface area contributed by atoms with Crippen molar-refractivity contribution in [3.8, 4) is 5.88 Å². The zero-order valence-electron chi connectivity index (χ0n) is 8.69. The Bertz CT molecular complexity index is 479.